The molecule has 0 unspecified atom stereocenters. The molecule has 0 radical (unpaired) electrons. The Morgan fingerprint density at radius 2 is 2.00 bits per heavy atom. The van der Waals surface area contributed by atoms with Gasteiger partial charge in [0.1, 0.15) is 5.75 Å². The molecule has 0 aliphatic heterocycles. The van der Waals surface area contributed by atoms with E-state index in [2.05, 4.69) is 19.2 Å². The second-order valence-electron chi connectivity index (χ2n) is 4.86. The maximum absolute atomic E-state index is 11.4. The molecule has 4 heteroatoms. The summed E-state index contributed by atoms with van der Waals surface area (Å²) in [7, 11) is 0. The van der Waals surface area contributed by atoms with Crippen molar-refractivity contribution in [1.82, 2.24) is 5.32 Å². The average molecular weight is 270 g/mol. The third kappa shape index (κ3) is 4.57. The maximum Gasteiger partial charge on any atom is 0.258 e. The predicted molar refractivity (Wildman–Crippen MR) is 74.3 cm³/mol. The molecule has 1 aromatic rings. The molecule has 1 amide bonds. The van der Waals surface area contributed by atoms with Crippen LogP contribution in [0.2, 0.25) is 5.02 Å². The third-order valence-corrected chi connectivity index (χ3v) is 2.73. The molecular formula is C14H20ClNO2. The molecule has 3 nitrogen and oxygen atoms in total. The van der Waals surface area contributed by atoms with Crippen molar-refractivity contribution in [3.05, 3.63) is 28.8 Å². The van der Waals surface area contributed by atoms with Crippen molar-refractivity contribution in [3.8, 4) is 5.75 Å². The normalized spacial score (nSPS) is 10.8. The summed E-state index contributed by atoms with van der Waals surface area (Å²) >= 11 is 6.11. The minimum atomic E-state index is -0.144. The number of hydrogen-bond donors (Lipinski definition) is 1. The molecule has 0 aliphatic carbocycles. The highest BCUT2D eigenvalue weighted by Crippen LogP contribution is 2.28. The lowest BCUT2D eigenvalue weighted by Crippen LogP contribution is -2.34. The van der Waals surface area contributed by atoms with Gasteiger partial charge in [-0.05, 0) is 37.5 Å². The van der Waals surface area contributed by atoms with E-state index in [4.69, 9.17) is 16.3 Å². The SMILES string of the molecule is CC(C)NC(=O)COc1ccc(C(C)C)cc1Cl. The fourth-order valence-electron chi connectivity index (χ4n) is 1.50. The highest BCUT2D eigenvalue weighted by molar-refractivity contribution is 6.32. The van der Waals surface area contributed by atoms with E-state index in [1.807, 2.05) is 26.0 Å². The van der Waals surface area contributed by atoms with Gasteiger partial charge in [0, 0.05) is 6.04 Å². The number of amides is 1. The number of carbonyl (C=O) groups is 1. The lowest BCUT2D eigenvalue weighted by atomic mass is 10.0. The van der Waals surface area contributed by atoms with Crippen molar-refractivity contribution in [2.24, 2.45) is 0 Å². The molecule has 1 aromatic carbocycles. The first-order valence-corrected chi connectivity index (χ1v) is 6.49. The van der Waals surface area contributed by atoms with Crippen LogP contribution in [0.3, 0.4) is 0 Å². The topological polar surface area (TPSA) is 38.3 Å². The number of carbonyl (C=O) groups excluding carboxylic acids is 1. The van der Waals surface area contributed by atoms with Crippen molar-refractivity contribution >= 4 is 17.5 Å². The Hall–Kier alpha value is -1.22. The van der Waals surface area contributed by atoms with Crippen molar-refractivity contribution in [3.63, 3.8) is 0 Å². The Morgan fingerprint density at radius 3 is 2.50 bits per heavy atom. The van der Waals surface area contributed by atoms with Gasteiger partial charge in [0.15, 0.2) is 6.61 Å². The molecule has 0 bridgehead atoms. The number of hydrogen-bond acceptors (Lipinski definition) is 2. The van der Waals surface area contributed by atoms with Crippen molar-refractivity contribution in [2.75, 3.05) is 6.61 Å². The smallest absolute Gasteiger partial charge is 0.258 e. The van der Waals surface area contributed by atoms with Gasteiger partial charge in [-0.15, -0.1) is 0 Å². The number of halogens is 1. The van der Waals surface area contributed by atoms with Crippen molar-refractivity contribution < 1.29 is 9.53 Å². The minimum Gasteiger partial charge on any atom is -0.482 e. The molecule has 18 heavy (non-hydrogen) atoms. The first-order chi connectivity index (χ1) is 8.40. The second kappa shape index (κ2) is 6.64. The van der Waals surface area contributed by atoms with E-state index in [0.29, 0.717) is 16.7 Å². The predicted octanol–water partition coefficient (Wildman–Crippen LogP) is 3.37. The van der Waals surface area contributed by atoms with E-state index < -0.39 is 0 Å². The highest BCUT2D eigenvalue weighted by Gasteiger charge is 2.08. The average Bonchev–Trinajstić information content (AvgIpc) is 2.26. The lowest BCUT2D eigenvalue weighted by Gasteiger charge is -2.12. The Balaban J connectivity index is 2.60. The van der Waals surface area contributed by atoms with E-state index in [9.17, 15) is 4.79 Å². The largest absolute Gasteiger partial charge is 0.482 e. The molecular weight excluding hydrogens is 250 g/mol. The van der Waals surface area contributed by atoms with Gasteiger partial charge in [-0.1, -0.05) is 31.5 Å². The summed E-state index contributed by atoms with van der Waals surface area (Å²) in [5.41, 5.74) is 1.15. The van der Waals surface area contributed by atoms with Gasteiger partial charge in [0.05, 0.1) is 5.02 Å². The third-order valence-electron chi connectivity index (χ3n) is 2.43. The molecule has 0 saturated carbocycles. The minimum absolute atomic E-state index is 0.0150. The molecule has 0 atom stereocenters. The van der Waals surface area contributed by atoms with Gasteiger partial charge < -0.3 is 10.1 Å². The Morgan fingerprint density at radius 1 is 1.33 bits per heavy atom. The fourth-order valence-corrected chi connectivity index (χ4v) is 1.74. The van der Waals surface area contributed by atoms with Crippen LogP contribution in [0.25, 0.3) is 0 Å². The molecule has 0 saturated heterocycles. The molecule has 0 spiro atoms. The number of rotatable bonds is 5. The molecule has 100 valence electrons. The van der Waals surface area contributed by atoms with Crippen LogP contribution in [0.15, 0.2) is 18.2 Å². The van der Waals surface area contributed by atoms with E-state index in [0.717, 1.165) is 5.56 Å². The van der Waals surface area contributed by atoms with Crippen molar-refractivity contribution in [2.45, 2.75) is 39.7 Å². The zero-order valence-electron chi connectivity index (χ0n) is 11.3. The first kappa shape index (κ1) is 14.8. The Bertz CT molecular complexity index is 416. The van der Waals surface area contributed by atoms with Gasteiger partial charge in [-0.25, -0.2) is 0 Å². The zero-order chi connectivity index (χ0) is 13.7. The van der Waals surface area contributed by atoms with Crippen LogP contribution in [0, 0.1) is 0 Å². The Kier molecular flexibility index (Phi) is 5.48. The number of nitrogens with one attached hydrogen (secondary N) is 1. The molecule has 0 aliphatic rings. The van der Waals surface area contributed by atoms with Gasteiger partial charge in [0.2, 0.25) is 0 Å². The lowest BCUT2D eigenvalue weighted by molar-refractivity contribution is -0.123. The summed E-state index contributed by atoms with van der Waals surface area (Å²) in [6.45, 7) is 7.99. The van der Waals surface area contributed by atoms with Crippen molar-refractivity contribution in [1.29, 1.82) is 0 Å². The summed E-state index contributed by atoms with van der Waals surface area (Å²) < 4.78 is 5.39. The Labute approximate surface area is 113 Å². The van der Waals surface area contributed by atoms with Crippen LogP contribution in [-0.2, 0) is 4.79 Å². The van der Waals surface area contributed by atoms with Crippen LogP contribution in [0.5, 0.6) is 5.75 Å². The van der Waals surface area contributed by atoms with Crippen LogP contribution < -0.4 is 10.1 Å². The fraction of sp³-hybridized carbons (Fsp3) is 0.500. The molecule has 1 N–H and O–H groups in total. The van der Waals surface area contributed by atoms with Crippen LogP contribution in [0.4, 0.5) is 0 Å². The van der Waals surface area contributed by atoms with Crippen LogP contribution in [-0.4, -0.2) is 18.6 Å². The summed E-state index contributed by atoms with van der Waals surface area (Å²) in [5, 5.41) is 3.30. The standard InChI is InChI=1S/C14H20ClNO2/c1-9(2)11-5-6-13(12(15)7-11)18-8-14(17)16-10(3)4/h5-7,9-10H,8H2,1-4H3,(H,16,17). The first-order valence-electron chi connectivity index (χ1n) is 6.11. The van der Waals surface area contributed by atoms with Crippen LogP contribution in [0.1, 0.15) is 39.2 Å². The summed E-state index contributed by atoms with van der Waals surface area (Å²) in [4.78, 5) is 11.4. The number of benzene rings is 1. The quantitative estimate of drug-likeness (QED) is 0.890. The maximum atomic E-state index is 11.4. The van der Waals surface area contributed by atoms with E-state index in [-0.39, 0.29) is 18.6 Å². The zero-order valence-corrected chi connectivity index (χ0v) is 12.0. The second-order valence-corrected chi connectivity index (χ2v) is 5.26. The molecule has 0 fully saturated rings. The van der Waals surface area contributed by atoms with Gasteiger partial charge in [-0.3, -0.25) is 4.79 Å². The molecule has 0 heterocycles. The van der Waals surface area contributed by atoms with Crippen LogP contribution >= 0.6 is 11.6 Å². The van der Waals surface area contributed by atoms with E-state index in [1.54, 1.807) is 6.07 Å². The van der Waals surface area contributed by atoms with E-state index >= 15 is 0 Å². The van der Waals surface area contributed by atoms with E-state index in [1.165, 1.54) is 0 Å². The number of ether oxygens (including phenoxy) is 1. The monoisotopic (exact) mass is 269 g/mol. The highest BCUT2D eigenvalue weighted by atomic mass is 35.5. The molecule has 0 aromatic heterocycles. The molecule has 1 rings (SSSR count). The summed E-state index contributed by atoms with van der Waals surface area (Å²) in [6.07, 6.45) is 0. The van der Waals surface area contributed by atoms with Gasteiger partial charge >= 0.3 is 0 Å². The van der Waals surface area contributed by atoms with Gasteiger partial charge in [-0.2, -0.15) is 0 Å². The summed E-state index contributed by atoms with van der Waals surface area (Å²) in [5.74, 6) is 0.815. The summed E-state index contributed by atoms with van der Waals surface area (Å²) in [6, 6.07) is 5.76. The van der Waals surface area contributed by atoms with Gasteiger partial charge in [0.25, 0.3) is 5.91 Å².